The van der Waals surface area contributed by atoms with Crippen LogP contribution >= 0.6 is 27.7 Å². The summed E-state index contributed by atoms with van der Waals surface area (Å²) in [7, 11) is 0. The molecule has 1 amide bonds. The van der Waals surface area contributed by atoms with Crippen LogP contribution in [0.25, 0.3) is 0 Å². The predicted molar refractivity (Wildman–Crippen MR) is 79.8 cm³/mol. The van der Waals surface area contributed by atoms with Gasteiger partial charge in [-0.25, -0.2) is 4.98 Å². The number of aromatic hydroxyl groups is 1. The zero-order chi connectivity index (χ0) is 13.8. The van der Waals surface area contributed by atoms with Crippen LogP contribution in [0.2, 0.25) is 0 Å². The first-order valence-electron chi connectivity index (χ1n) is 5.40. The number of nitrogens with one attached hydrogen (secondary N) is 1. The second-order valence-electron chi connectivity index (χ2n) is 3.67. The molecule has 0 bridgehead atoms. The number of anilines is 1. The van der Waals surface area contributed by atoms with Crippen molar-refractivity contribution in [3.8, 4) is 5.75 Å². The zero-order valence-electron chi connectivity index (χ0n) is 10.1. The molecule has 0 aliphatic carbocycles. The standard InChI is InChI=1S/C13H11BrN2O2S/c1-19-11-7-8(17)4-5-10(11)16-13(18)12-9(14)3-2-6-15-12/h2-7,17H,1H3,(H,16,18). The Bertz CT molecular complexity index is 619. The molecule has 0 aliphatic heterocycles. The predicted octanol–water partition coefficient (Wildman–Crippen LogP) is 3.52. The summed E-state index contributed by atoms with van der Waals surface area (Å²) in [6.45, 7) is 0. The van der Waals surface area contributed by atoms with Gasteiger partial charge in [0.25, 0.3) is 5.91 Å². The maximum absolute atomic E-state index is 12.1. The number of nitrogens with zero attached hydrogens (tertiary/aromatic N) is 1. The van der Waals surface area contributed by atoms with Crippen LogP contribution in [-0.4, -0.2) is 22.3 Å². The molecule has 1 aromatic carbocycles. The van der Waals surface area contributed by atoms with Crippen molar-refractivity contribution in [2.24, 2.45) is 0 Å². The van der Waals surface area contributed by atoms with Crippen LogP contribution in [0, 0.1) is 0 Å². The van der Waals surface area contributed by atoms with E-state index in [1.54, 1.807) is 30.5 Å². The van der Waals surface area contributed by atoms with Gasteiger partial charge in [0.15, 0.2) is 0 Å². The average Bonchev–Trinajstić information content (AvgIpc) is 2.41. The number of phenols is 1. The van der Waals surface area contributed by atoms with Crippen LogP contribution in [0.5, 0.6) is 5.75 Å². The van der Waals surface area contributed by atoms with Crippen molar-refractivity contribution in [2.75, 3.05) is 11.6 Å². The number of phenolic OH excluding ortho intramolecular Hbond substituents is 1. The summed E-state index contributed by atoms with van der Waals surface area (Å²) < 4.78 is 0.636. The van der Waals surface area contributed by atoms with E-state index in [1.165, 1.54) is 17.8 Å². The Labute approximate surface area is 123 Å². The molecule has 0 saturated carbocycles. The Kier molecular flexibility index (Phi) is 4.44. The molecular formula is C13H11BrN2O2S. The number of aromatic nitrogens is 1. The van der Waals surface area contributed by atoms with E-state index in [0.717, 1.165) is 4.90 Å². The first-order valence-corrected chi connectivity index (χ1v) is 7.42. The quantitative estimate of drug-likeness (QED) is 0.663. The highest BCUT2D eigenvalue weighted by molar-refractivity contribution is 9.10. The molecule has 0 saturated heterocycles. The van der Waals surface area contributed by atoms with Gasteiger partial charge in [-0.1, -0.05) is 0 Å². The summed E-state index contributed by atoms with van der Waals surface area (Å²) in [5, 5.41) is 12.2. The van der Waals surface area contributed by atoms with E-state index in [1.807, 2.05) is 6.26 Å². The Hall–Kier alpha value is -1.53. The number of thioether (sulfide) groups is 1. The molecule has 0 aliphatic rings. The van der Waals surface area contributed by atoms with Gasteiger partial charge < -0.3 is 10.4 Å². The molecule has 0 spiro atoms. The monoisotopic (exact) mass is 338 g/mol. The summed E-state index contributed by atoms with van der Waals surface area (Å²) in [4.78, 5) is 16.9. The van der Waals surface area contributed by atoms with Crippen molar-refractivity contribution in [2.45, 2.75) is 4.90 Å². The molecule has 0 fully saturated rings. The largest absolute Gasteiger partial charge is 0.508 e. The Balaban J connectivity index is 2.27. The maximum Gasteiger partial charge on any atom is 0.275 e. The van der Waals surface area contributed by atoms with Crippen molar-refractivity contribution >= 4 is 39.3 Å². The third-order valence-electron chi connectivity index (χ3n) is 2.41. The zero-order valence-corrected chi connectivity index (χ0v) is 12.5. The number of amides is 1. The molecule has 2 aromatic rings. The molecule has 0 atom stereocenters. The van der Waals surface area contributed by atoms with Crippen molar-refractivity contribution in [3.63, 3.8) is 0 Å². The Morgan fingerprint density at radius 2 is 2.21 bits per heavy atom. The molecule has 19 heavy (non-hydrogen) atoms. The van der Waals surface area contributed by atoms with Crippen molar-refractivity contribution in [3.05, 3.63) is 46.7 Å². The van der Waals surface area contributed by atoms with Gasteiger partial charge in [0.1, 0.15) is 11.4 Å². The fraction of sp³-hybridized carbons (Fsp3) is 0.0769. The van der Waals surface area contributed by atoms with Crippen LogP contribution in [0.4, 0.5) is 5.69 Å². The van der Waals surface area contributed by atoms with Crippen LogP contribution in [-0.2, 0) is 0 Å². The first kappa shape index (κ1) is 13.9. The second kappa shape index (κ2) is 6.08. The number of halogens is 1. The van der Waals surface area contributed by atoms with E-state index in [-0.39, 0.29) is 11.7 Å². The summed E-state index contributed by atoms with van der Waals surface area (Å²) in [5.41, 5.74) is 0.968. The Morgan fingerprint density at radius 3 is 2.89 bits per heavy atom. The number of hydrogen-bond donors (Lipinski definition) is 2. The van der Waals surface area contributed by atoms with E-state index in [9.17, 15) is 9.90 Å². The summed E-state index contributed by atoms with van der Waals surface area (Å²) in [5.74, 6) is -0.130. The van der Waals surface area contributed by atoms with Crippen LogP contribution < -0.4 is 5.32 Å². The van der Waals surface area contributed by atoms with Crippen LogP contribution in [0.1, 0.15) is 10.5 Å². The molecule has 4 nitrogen and oxygen atoms in total. The summed E-state index contributed by atoms with van der Waals surface area (Å²) in [6, 6.07) is 8.30. The van der Waals surface area contributed by atoms with Crippen LogP contribution in [0.3, 0.4) is 0 Å². The smallest absolute Gasteiger partial charge is 0.275 e. The molecule has 0 unspecified atom stereocenters. The first-order chi connectivity index (χ1) is 9.11. The fourth-order valence-corrected chi connectivity index (χ4v) is 2.53. The number of hydrogen-bond acceptors (Lipinski definition) is 4. The molecular weight excluding hydrogens is 328 g/mol. The summed E-state index contributed by atoms with van der Waals surface area (Å²) >= 11 is 4.73. The van der Waals surface area contributed by atoms with Gasteiger partial charge in [0, 0.05) is 15.6 Å². The lowest BCUT2D eigenvalue weighted by molar-refractivity contribution is 0.102. The Morgan fingerprint density at radius 1 is 1.42 bits per heavy atom. The lowest BCUT2D eigenvalue weighted by Crippen LogP contribution is -2.14. The van der Waals surface area contributed by atoms with E-state index < -0.39 is 0 Å². The van der Waals surface area contributed by atoms with Gasteiger partial charge >= 0.3 is 0 Å². The van der Waals surface area contributed by atoms with Crippen molar-refractivity contribution in [1.29, 1.82) is 0 Å². The minimum absolute atomic E-state index is 0.168. The highest BCUT2D eigenvalue weighted by atomic mass is 79.9. The number of rotatable bonds is 3. The lowest BCUT2D eigenvalue weighted by atomic mass is 10.2. The SMILES string of the molecule is CSc1cc(O)ccc1NC(=O)c1ncccc1Br. The normalized spacial score (nSPS) is 10.2. The minimum Gasteiger partial charge on any atom is -0.508 e. The molecule has 1 heterocycles. The van der Waals surface area contributed by atoms with Crippen LogP contribution in [0.15, 0.2) is 45.9 Å². The van der Waals surface area contributed by atoms with Crippen molar-refractivity contribution < 1.29 is 9.90 Å². The number of carbonyl (C=O) groups excluding carboxylic acids is 1. The third kappa shape index (κ3) is 3.27. The third-order valence-corrected chi connectivity index (χ3v) is 3.82. The maximum atomic E-state index is 12.1. The van der Waals surface area contributed by atoms with E-state index >= 15 is 0 Å². The lowest BCUT2D eigenvalue weighted by Gasteiger charge is -2.10. The van der Waals surface area contributed by atoms with Gasteiger partial charge in [0.2, 0.25) is 0 Å². The molecule has 0 radical (unpaired) electrons. The summed E-state index contributed by atoms with van der Waals surface area (Å²) in [6.07, 6.45) is 3.44. The number of benzene rings is 1. The molecule has 98 valence electrons. The highest BCUT2D eigenvalue weighted by Gasteiger charge is 2.13. The molecule has 2 N–H and O–H groups in total. The van der Waals surface area contributed by atoms with Gasteiger partial charge in [-0.15, -0.1) is 11.8 Å². The highest BCUT2D eigenvalue weighted by Crippen LogP contribution is 2.29. The van der Waals surface area contributed by atoms with Gasteiger partial charge in [0.05, 0.1) is 5.69 Å². The van der Waals surface area contributed by atoms with Gasteiger partial charge in [-0.3, -0.25) is 4.79 Å². The average molecular weight is 339 g/mol. The number of pyridine rings is 1. The molecule has 6 heteroatoms. The minimum atomic E-state index is -0.298. The topological polar surface area (TPSA) is 62.2 Å². The fourth-order valence-electron chi connectivity index (χ4n) is 1.52. The molecule has 2 rings (SSSR count). The second-order valence-corrected chi connectivity index (χ2v) is 5.37. The van der Waals surface area contributed by atoms with Gasteiger partial charge in [-0.2, -0.15) is 0 Å². The van der Waals surface area contributed by atoms with Crippen molar-refractivity contribution in [1.82, 2.24) is 4.98 Å². The van der Waals surface area contributed by atoms with E-state index in [4.69, 9.17) is 0 Å². The van der Waals surface area contributed by atoms with E-state index in [0.29, 0.717) is 15.9 Å². The molecule has 1 aromatic heterocycles. The van der Waals surface area contributed by atoms with Gasteiger partial charge in [-0.05, 0) is 52.5 Å². The number of carbonyl (C=O) groups is 1. The van der Waals surface area contributed by atoms with E-state index in [2.05, 4.69) is 26.2 Å².